The van der Waals surface area contributed by atoms with Crippen LogP contribution in [0.15, 0.2) is 48.9 Å². The number of urea groups is 1. The van der Waals surface area contributed by atoms with E-state index < -0.39 is 0 Å². The van der Waals surface area contributed by atoms with Crippen molar-refractivity contribution >= 4 is 11.7 Å². The van der Waals surface area contributed by atoms with E-state index in [1.165, 1.54) is 11.1 Å². The molecule has 0 atom stereocenters. The number of pyridine rings is 1. The molecule has 1 N–H and O–H groups in total. The second kappa shape index (κ2) is 7.92. The van der Waals surface area contributed by atoms with Crippen LogP contribution in [0.1, 0.15) is 25.3 Å². The molecule has 1 fully saturated rings. The standard InChI is InChI=1S/C22H26N4O2/c1-3-23-22(27)26-12-8-19(9-13-26)28-18-6-4-17(5-7-18)20-10-14-25-15-11-24-21(25)16(20)2/h4-7,10-11,14-15,19H,3,8-9,12-13H2,1-2H3,(H,23,27). The van der Waals surface area contributed by atoms with Crippen LogP contribution in [0.2, 0.25) is 0 Å². The Morgan fingerprint density at radius 3 is 2.64 bits per heavy atom. The number of rotatable bonds is 4. The van der Waals surface area contributed by atoms with Crippen molar-refractivity contribution < 1.29 is 9.53 Å². The van der Waals surface area contributed by atoms with E-state index >= 15 is 0 Å². The van der Waals surface area contributed by atoms with Gasteiger partial charge in [-0.3, -0.25) is 0 Å². The molecule has 6 nitrogen and oxygen atoms in total. The predicted molar refractivity (Wildman–Crippen MR) is 110 cm³/mol. The number of aryl methyl sites for hydroxylation is 1. The normalized spacial score (nSPS) is 15.0. The molecule has 1 aromatic carbocycles. The van der Waals surface area contributed by atoms with Crippen LogP contribution in [0.25, 0.3) is 16.8 Å². The third-order valence-electron chi connectivity index (χ3n) is 5.34. The molecule has 0 spiro atoms. The first-order valence-corrected chi connectivity index (χ1v) is 9.88. The molecule has 1 aliphatic heterocycles. The Labute approximate surface area is 165 Å². The number of piperidine rings is 1. The lowest BCUT2D eigenvalue weighted by molar-refractivity contribution is 0.111. The number of hydrogen-bond acceptors (Lipinski definition) is 3. The minimum Gasteiger partial charge on any atom is -0.490 e. The van der Waals surface area contributed by atoms with Gasteiger partial charge in [0.15, 0.2) is 0 Å². The molecule has 28 heavy (non-hydrogen) atoms. The first-order valence-electron chi connectivity index (χ1n) is 9.88. The fourth-order valence-corrected chi connectivity index (χ4v) is 3.78. The molecule has 0 aliphatic carbocycles. The summed E-state index contributed by atoms with van der Waals surface area (Å²) in [5.41, 5.74) is 4.48. The molecule has 2 aromatic heterocycles. The number of amides is 2. The number of nitrogens with zero attached hydrogens (tertiary/aromatic N) is 3. The molecule has 0 radical (unpaired) electrons. The second-order valence-electron chi connectivity index (χ2n) is 7.18. The summed E-state index contributed by atoms with van der Waals surface area (Å²) in [5, 5.41) is 2.86. The third kappa shape index (κ3) is 3.67. The molecule has 2 amide bonds. The van der Waals surface area contributed by atoms with Gasteiger partial charge in [0, 0.05) is 56.6 Å². The number of imidazole rings is 1. The van der Waals surface area contributed by atoms with Crippen molar-refractivity contribution in [1.82, 2.24) is 19.6 Å². The summed E-state index contributed by atoms with van der Waals surface area (Å²) in [6, 6.07) is 10.4. The van der Waals surface area contributed by atoms with Crippen LogP contribution in [0.5, 0.6) is 5.75 Å². The van der Waals surface area contributed by atoms with Crippen molar-refractivity contribution in [3.63, 3.8) is 0 Å². The van der Waals surface area contributed by atoms with E-state index in [1.54, 1.807) is 0 Å². The molecule has 1 aliphatic rings. The van der Waals surface area contributed by atoms with Gasteiger partial charge in [0.1, 0.15) is 17.5 Å². The smallest absolute Gasteiger partial charge is 0.317 e. The van der Waals surface area contributed by atoms with Gasteiger partial charge in [-0.05, 0) is 43.2 Å². The second-order valence-corrected chi connectivity index (χ2v) is 7.18. The van der Waals surface area contributed by atoms with Crippen molar-refractivity contribution in [3.05, 3.63) is 54.5 Å². The molecule has 0 bridgehead atoms. The number of carbonyl (C=O) groups is 1. The van der Waals surface area contributed by atoms with Gasteiger partial charge in [-0.1, -0.05) is 12.1 Å². The number of fused-ring (bicyclic) bond motifs is 1. The van der Waals surface area contributed by atoms with E-state index in [0.29, 0.717) is 6.54 Å². The summed E-state index contributed by atoms with van der Waals surface area (Å²) in [6.45, 7) is 6.17. The van der Waals surface area contributed by atoms with Gasteiger partial charge >= 0.3 is 6.03 Å². The predicted octanol–water partition coefficient (Wildman–Crippen LogP) is 3.88. The van der Waals surface area contributed by atoms with Crippen molar-refractivity contribution in [2.75, 3.05) is 19.6 Å². The molecular formula is C22H26N4O2. The zero-order valence-corrected chi connectivity index (χ0v) is 16.4. The molecule has 4 rings (SSSR count). The fraction of sp³-hybridized carbons (Fsp3) is 0.364. The minimum atomic E-state index is 0.0233. The first-order chi connectivity index (χ1) is 13.7. The van der Waals surface area contributed by atoms with Crippen molar-refractivity contribution in [3.8, 4) is 16.9 Å². The molecule has 146 valence electrons. The van der Waals surface area contributed by atoms with Crippen molar-refractivity contribution in [2.24, 2.45) is 0 Å². The molecule has 0 saturated carbocycles. The maximum Gasteiger partial charge on any atom is 0.317 e. The number of carbonyl (C=O) groups excluding carboxylic acids is 1. The molecule has 3 aromatic rings. The summed E-state index contributed by atoms with van der Waals surface area (Å²) in [4.78, 5) is 18.2. The highest BCUT2D eigenvalue weighted by molar-refractivity contribution is 5.74. The molecule has 0 unspecified atom stereocenters. The topological polar surface area (TPSA) is 58.9 Å². The van der Waals surface area contributed by atoms with Gasteiger partial charge < -0.3 is 19.4 Å². The van der Waals surface area contributed by atoms with Crippen LogP contribution < -0.4 is 10.1 Å². The minimum absolute atomic E-state index is 0.0233. The van der Waals surface area contributed by atoms with Crippen LogP contribution in [0.3, 0.4) is 0 Å². The lowest BCUT2D eigenvalue weighted by Gasteiger charge is -2.32. The van der Waals surface area contributed by atoms with Crippen LogP contribution in [-0.4, -0.2) is 46.1 Å². The van der Waals surface area contributed by atoms with Crippen LogP contribution in [0, 0.1) is 6.92 Å². The summed E-state index contributed by atoms with van der Waals surface area (Å²) in [6.07, 6.45) is 7.68. The number of aromatic nitrogens is 2. The number of likely N-dealkylation sites (tertiary alicyclic amines) is 1. The summed E-state index contributed by atoms with van der Waals surface area (Å²) >= 11 is 0. The van der Waals surface area contributed by atoms with Gasteiger partial charge in [0.25, 0.3) is 0 Å². The Morgan fingerprint density at radius 1 is 1.18 bits per heavy atom. The Morgan fingerprint density at radius 2 is 1.93 bits per heavy atom. The summed E-state index contributed by atoms with van der Waals surface area (Å²) < 4.78 is 8.18. The van der Waals surface area contributed by atoms with Gasteiger partial charge in [0.2, 0.25) is 0 Å². The Hall–Kier alpha value is -3.02. The van der Waals surface area contributed by atoms with E-state index in [4.69, 9.17) is 4.74 Å². The van der Waals surface area contributed by atoms with E-state index in [9.17, 15) is 4.79 Å². The third-order valence-corrected chi connectivity index (χ3v) is 5.34. The Kier molecular flexibility index (Phi) is 5.19. The number of nitrogens with one attached hydrogen (secondary N) is 1. The van der Waals surface area contributed by atoms with Crippen LogP contribution in [-0.2, 0) is 0 Å². The summed E-state index contributed by atoms with van der Waals surface area (Å²) in [7, 11) is 0. The molecular weight excluding hydrogens is 352 g/mol. The monoisotopic (exact) mass is 378 g/mol. The number of benzene rings is 1. The maximum absolute atomic E-state index is 11.9. The highest BCUT2D eigenvalue weighted by Gasteiger charge is 2.23. The van der Waals surface area contributed by atoms with Gasteiger partial charge in [0.05, 0.1) is 0 Å². The lowest BCUT2D eigenvalue weighted by Crippen LogP contribution is -2.46. The van der Waals surface area contributed by atoms with Gasteiger partial charge in [-0.15, -0.1) is 0 Å². The maximum atomic E-state index is 11.9. The molecule has 6 heteroatoms. The molecule has 3 heterocycles. The van der Waals surface area contributed by atoms with Crippen LogP contribution in [0.4, 0.5) is 4.79 Å². The largest absolute Gasteiger partial charge is 0.490 e. The van der Waals surface area contributed by atoms with Gasteiger partial charge in [-0.25, -0.2) is 9.78 Å². The van der Waals surface area contributed by atoms with E-state index in [-0.39, 0.29) is 12.1 Å². The number of hydrogen-bond donors (Lipinski definition) is 1. The zero-order valence-electron chi connectivity index (χ0n) is 16.4. The first kappa shape index (κ1) is 18.3. The van der Waals surface area contributed by atoms with E-state index in [2.05, 4.69) is 35.4 Å². The SMILES string of the molecule is CCNC(=O)N1CCC(Oc2ccc(-c3ccn4ccnc4c3C)cc2)CC1. The zero-order chi connectivity index (χ0) is 19.5. The quantitative estimate of drug-likeness (QED) is 0.749. The Bertz CT molecular complexity index is 956. The Balaban J connectivity index is 1.40. The molecule has 1 saturated heterocycles. The average molecular weight is 378 g/mol. The fourth-order valence-electron chi connectivity index (χ4n) is 3.78. The lowest BCUT2D eigenvalue weighted by atomic mass is 10.0. The average Bonchev–Trinajstić information content (AvgIpc) is 3.20. The number of ether oxygens (including phenoxy) is 1. The van der Waals surface area contributed by atoms with Crippen LogP contribution >= 0.6 is 0 Å². The highest BCUT2D eigenvalue weighted by atomic mass is 16.5. The van der Waals surface area contributed by atoms with E-state index in [1.807, 2.05) is 46.9 Å². The highest BCUT2D eigenvalue weighted by Crippen LogP contribution is 2.28. The van der Waals surface area contributed by atoms with Gasteiger partial charge in [-0.2, -0.15) is 0 Å². The van der Waals surface area contributed by atoms with Crippen molar-refractivity contribution in [1.29, 1.82) is 0 Å². The van der Waals surface area contributed by atoms with Crippen molar-refractivity contribution in [2.45, 2.75) is 32.8 Å². The van der Waals surface area contributed by atoms with E-state index in [0.717, 1.165) is 42.9 Å². The summed E-state index contributed by atoms with van der Waals surface area (Å²) in [5.74, 6) is 0.875.